The number of hydrogen-bond donors (Lipinski definition) is 2. The number of fused-ring (bicyclic) bond motifs is 2. The van der Waals surface area contributed by atoms with Crippen molar-refractivity contribution < 1.29 is 14.3 Å². The van der Waals surface area contributed by atoms with E-state index in [1.54, 1.807) is 25.5 Å². The van der Waals surface area contributed by atoms with Crippen LogP contribution in [0, 0.1) is 5.92 Å². The van der Waals surface area contributed by atoms with Gasteiger partial charge in [0.2, 0.25) is 0 Å². The van der Waals surface area contributed by atoms with Gasteiger partial charge < -0.3 is 24.7 Å². The summed E-state index contributed by atoms with van der Waals surface area (Å²) >= 11 is 6.36. The first kappa shape index (κ1) is 25.2. The van der Waals surface area contributed by atoms with Crippen LogP contribution in [0.3, 0.4) is 0 Å². The molecule has 0 aromatic carbocycles. The van der Waals surface area contributed by atoms with Gasteiger partial charge in [-0.05, 0) is 37.7 Å². The number of pyridine rings is 2. The van der Waals surface area contributed by atoms with Gasteiger partial charge in [-0.2, -0.15) is 0 Å². The Kier molecular flexibility index (Phi) is 7.73. The van der Waals surface area contributed by atoms with Crippen molar-refractivity contribution in [1.29, 1.82) is 0 Å². The Morgan fingerprint density at radius 2 is 2.00 bits per heavy atom. The van der Waals surface area contributed by atoms with Gasteiger partial charge >= 0.3 is 0 Å². The molecule has 12 heteroatoms. The van der Waals surface area contributed by atoms with Gasteiger partial charge in [-0.15, -0.1) is 12.4 Å². The van der Waals surface area contributed by atoms with E-state index in [4.69, 9.17) is 21.1 Å². The molecule has 0 spiro atoms. The largest absolute Gasteiger partial charge is 0.489 e. The SMILES string of the molecule is Cl.Cn1c(=O)ccc2ncc(Cl)c(OCC3CCC(NCc4ncc5c(n4)NC(=O)CO5)CC3)c21. The van der Waals surface area contributed by atoms with Gasteiger partial charge in [-0.1, -0.05) is 11.6 Å². The van der Waals surface area contributed by atoms with Gasteiger partial charge in [0.25, 0.3) is 11.5 Å². The van der Waals surface area contributed by atoms with E-state index in [0.29, 0.717) is 64.3 Å². The lowest BCUT2D eigenvalue weighted by molar-refractivity contribution is -0.118. The van der Waals surface area contributed by atoms with Crippen LogP contribution in [0.2, 0.25) is 5.02 Å². The number of ether oxygens (including phenoxy) is 2. The van der Waals surface area contributed by atoms with Gasteiger partial charge in [0.1, 0.15) is 16.4 Å². The maximum Gasteiger partial charge on any atom is 0.263 e. The van der Waals surface area contributed by atoms with Crippen LogP contribution in [0.15, 0.2) is 29.3 Å². The molecule has 2 N–H and O–H groups in total. The zero-order valence-corrected chi connectivity index (χ0v) is 20.7. The van der Waals surface area contributed by atoms with Crippen LogP contribution in [0.1, 0.15) is 31.5 Å². The Balaban J connectivity index is 0.00000289. The number of rotatable bonds is 6. The second-order valence-electron chi connectivity index (χ2n) is 8.65. The lowest BCUT2D eigenvalue weighted by Gasteiger charge is -2.29. The fourth-order valence-electron chi connectivity index (χ4n) is 4.40. The smallest absolute Gasteiger partial charge is 0.263 e. The minimum Gasteiger partial charge on any atom is -0.489 e. The third kappa shape index (κ3) is 5.50. The molecule has 0 unspecified atom stereocenters. The van der Waals surface area contributed by atoms with E-state index in [1.165, 1.54) is 10.6 Å². The quantitative estimate of drug-likeness (QED) is 0.508. The molecule has 0 bridgehead atoms. The average molecular weight is 521 g/mol. The molecule has 35 heavy (non-hydrogen) atoms. The van der Waals surface area contributed by atoms with E-state index in [2.05, 4.69) is 25.6 Å². The minimum absolute atomic E-state index is 0. The Morgan fingerprint density at radius 1 is 1.20 bits per heavy atom. The maximum absolute atomic E-state index is 12.1. The monoisotopic (exact) mass is 520 g/mol. The Hall–Kier alpha value is -2.95. The van der Waals surface area contributed by atoms with Gasteiger partial charge in [0, 0.05) is 19.2 Å². The molecule has 0 atom stereocenters. The van der Waals surface area contributed by atoms with E-state index in [-0.39, 0.29) is 30.5 Å². The lowest BCUT2D eigenvalue weighted by atomic mass is 9.86. The molecule has 186 valence electrons. The molecule has 1 aliphatic carbocycles. The highest BCUT2D eigenvalue weighted by Gasteiger charge is 2.23. The number of anilines is 1. The molecule has 2 aliphatic rings. The van der Waals surface area contributed by atoms with Crippen LogP contribution in [-0.4, -0.2) is 44.7 Å². The maximum atomic E-state index is 12.1. The van der Waals surface area contributed by atoms with Crippen molar-refractivity contribution in [3.63, 3.8) is 0 Å². The number of hydrogen-bond acceptors (Lipinski definition) is 8. The number of carbonyl (C=O) groups excluding carboxylic acids is 1. The number of aromatic nitrogens is 4. The number of halogens is 2. The van der Waals surface area contributed by atoms with E-state index in [1.807, 2.05) is 0 Å². The number of aryl methyl sites for hydroxylation is 1. The topological polar surface area (TPSA) is 120 Å². The summed E-state index contributed by atoms with van der Waals surface area (Å²) in [6.07, 6.45) is 7.17. The summed E-state index contributed by atoms with van der Waals surface area (Å²) in [5.74, 6) is 2.21. The summed E-state index contributed by atoms with van der Waals surface area (Å²) in [7, 11) is 1.69. The number of nitrogens with zero attached hydrogens (tertiary/aromatic N) is 4. The molecule has 0 saturated heterocycles. The number of carbonyl (C=O) groups is 1. The Labute approximate surface area is 212 Å². The standard InChI is InChI=1S/C23H25ClN6O4.ClH/c1-30-20(32)7-6-16-21(30)22(15(24)8-26-16)34-11-13-2-4-14(5-3-13)25-10-18-27-9-17-23(28-18)29-19(31)12-33-17;/h6-9,13-14,25H,2-5,10-12H2,1H3,(H,27,28,29,31);1H. The van der Waals surface area contributed by atoms with Crippen LogP contribution >= 0.6 is 24.0 Å². The molecule has 5 rings (SSSR count). The molecule has 1 saturated carbocycles. The first-order valence-corrected chi connectivity index (χ1v) is 11.6. The highest BCUT2D eigenvalue weighted by Crippen LogP contribution is 2.33. The van der Waals surface area contributed by atoms with Crippen molar-refractivity contribution in [3.05, 3.63) is 45.7 Å². The summed E-state index contributed by atoms with van der Waals surface area (Å²) in [4.78, 5) is 36.6. The van der Waals surface area contributed by atoms with Crippen molar-refractivity contribution in [3.8, 4) is 11.5 Å². The molecule has 1 amide bonds. The van der Waals surface area contributed by atoms with E-state index in [0.717, 1.165) is 25.7 Å². The highest BCUT2D eigenvalue weighted by atomic mass is 35.5. The van der Waals surface area contributed by atoms with Crippen molar-refractivity contribution >= 4 is 46.8 Å². The van der Waals surface area contributed by atoms with E-state index >= 15 is 0 Å². The zero-order chi connectivity index (χ0) is 23.7. The van der Waals surface area contributed by atoms with Gasteiger partial charge in [0.15, 0.2) is 23.9 Å². The van der Waals surface area contributed by atoms with Crippen molar-refractivity contribution in [2.75, 3.05) is 18.5 Å². The molecule has 1 fully saturated rings. The molecular weight excluding hydrogens is 495 g/mol. The van der Waals surface area contributed by atoms with Crippen molar-refractivity contribution in [2.45, 2.75) is 38.3 Å². The van der Waals surface area contributed by atoms with Crippen LogP contribution in [0.4, 0.5) is 5.82 Å². The van der Waals surface area contributed by atoms with Crippen LogP contribution in [0.25, 0.3) is 11.0 Å². The summed E-state index contributed by atoms with van der Waals surface area (Å²) in [5, 5.41) is 6.61. The summed E-state index contributed by atoms with van der Waals surface area (Å²) in [6.45, 7) is 1.03. The first-order valence-electron chi connectivity index (χ1n) is 11.3. The first-order chi connectivity index (χ1) is 16.5. The molecule has 3 aromatic heterocycles. The molecule has 4 heterocycles. The summed E-state index contributed by atoms with van der Waals surface area (Å²) in [6, 6.07) is 3.53. The van der Waals surface area contributed by atoms with Gasteiger partial charge in [-0.25, -0.2) is 9.97 Å². The lowest BCUT2D eigenvalue weighted by Crippen LogP contribution is -2.34. The molecule has 0 radical (unpaired) electrons. The molecule has 1 aliphatic heterocycles. The van der Waals surface area contributed by atoms with E-state index < -0.39 is 0 Å². The Bertz CT molecular complexity index is 1290. The van der Waals surface area contributed by atoms with Crippen LogP contribution < -0.4 is 25.7 Å². The van der Waals surface area contributed by atoms with Gasteiger partial charge in [0.05, 0.1) is 31.1 Å². The normalized spacial score (nSPS) is 19.3. The summed E-state index contributed by atoms with van der Waals surface area (Å²) < 4.78 is 12.9. The number of nitrogens with one attached hydrogen (secondary N) is 2. The molecular formula is C23H26Cl2N6O4. The average Bonchev–Trinajstić information content (AvgIpc) is 2.85. The second-order valence-corrected chi connectivity index (χ2v) is 9.05. The molecule has 10 nitrogen and oxygen atoms in total. The predicted octanol–water partition coefficient (Wildman–Crippen LogP) is 2.86. The fraction of sp³-hybridized carbons (Fsp3) is 0.435. The van der Waals surface area contributed by atoms with Crippen LogP contribution in [0.5, 0.6) is 11.5 Å². The van der Waals surface area contributed by atoms with Crippen molar-refractivity contribution in [1.82, 2.24) is 24.8 Å². The summed E-state index contributed by atoms with van der Waals surface area (Å²) in [5.41, 5.74) is 1.15. The van der Waals surface area contributed by atoms with Crippen LogP contribution in [-0.2, 0) is 18.4 Å². The zero-order valence-electron chi connectivity index (χ0n) is 19.1. The third-order valence-electron chi connectivity index (χ3n) is 6.32. The number of amides is 1. The fourth-order valence-corrected chi connectivity index (χ4v) is 4.59. The predicted molar refractivity (Wildman–Crippen MR) is 133 cm³/mol. The van der Waals surface area contributed by atoms with Crippen molar-refractivity contribution in [2.24, 2.45) is 13.0 Å². The van der Waals surface area contributed by atoms with E-state index in [9.17, 15) is 9.59 Å². The highest BCUT2D eigenvalue weighted by molar-refractivity contribution is 6.32. The minimum atomic E-state index is -0.214. The molecule has 3 aromatic rings. The second kappa shape index (κ2) is 10.8. The Morgan fingerprint density at radius 3 is 2.80 bits per heavy atom. The third-order valence-corrected chi connectivity index (χ3v) is 6.59. The van der Waals surface area contributed by atoms with Gasteiger partial charge in [-0.3, -0.25) is 14.6 Å².